The highest BCUT2D eigenvalue weighted by Gasteiger charge is 2.38. The molecule has 0 aromatic heterocycles. The smallest absolute Gasteiger partial charge is 0.314 e. The molecule has 106 valence electrons. The molecule has 0 aliphatic carbocycles. The fourth-order valence-electron chi connectivity index (χ4n) is 2.49. The summed E-state index contributed by atoms with van der Waals surface area (Å²) in [6, 6.07) is 5.78. The van der Waals surface area contributed by atoms with E-state index in [1.807, 2.05) is 32.0 Å². The number of anilines is 1. The van der Waals surface area contributed by atoms with Crippen LogP contribution >= 0.6 is 0 Å². The monoisotopic (exact) mass is 263 g/mol. The molecule has 0 bridgehead atoms. The molecule has 0 aliphatic rings. The molecule has 0 fully saturated rings. The van der Waals surface area contributed by atoms with Crippen LogP contribution in [0.1, 0.15) is 58.6 Å². The van der Waals surface area contributed by atoms with Gasteiger partial charge in [0, 0.05) is 5.69 Å². The zero-order chi connectivity index (χ0) is 14.8. The SMILES string of the molecule is CCC(CC)(C(=O)O)c1cc(C(C)(C)C)ccc1N. The molecule has 0 spiro atoms. The molecule has 0 saturated heterocycles. The van der Waals surface area contributed by atoms with Crippen molar-refractivity contribution >= 4 is 11.7 Å². The number of carboxylic acids is 1. The number of nitrogens with two attached hydrogens (primary N) is 1. The number of carboxylic acid groups (broad SMARTS) is 1. The molecule has 0 saturated carbocycles. The number of nitrogen functional groups attached to an aromatic ring is 1. The van der Waals surface area contributed by atoms with Gasteiger partial charge in [0.25, 0.3) is 0 Å². The summed E-state index contributed by atoms with van der Waals surface area (Å²) in [5, 5.41) is 9.64. The first-order valence-electron chi connectivity index (χ1n) is 6.83. The van der Waals surface area contributed by atoms with E-state index >= 15 is 0 Å². The maximum absolute atomic E-state index is 11.7. The van der Waals surface area contributed by atoms with E-state index in [0.29, 0.717) is 18.5 Å². The van der Waals surface area contributed by atoms with E-state index in [1.165, 1.54) is 0 Å². The van der Waals surface area contributed by atoms with Crippen LogP contribution in [0.2, 0.25) is 0 Å². The van der Waals surface area contributed by atoms with Crippen molar-refractivity contribution in [2.75, 3.05) is 5.73 Å². The fourth-order valence-corrected chi connectivity index (χ4v) is 2.49. The Morgan fingerprint density at radius 1 is 1.21 bits per heavy atom. The largest absolute Gasteiger partial charge is 0.481 e. The van der Waals surface area contributed by atoms with Crippen molar-refractivity contribution in [1.82, 2.24) is 0 Å². The molecule has 3 nitrogen and oxygen atoms in total. The van der Waals surface area contributed by atoms with Crippen LogP contribution in [0.25, 0.3) is 0 Å². The van der Waals surface area contributed by atoms with E-state index in [4.69, 9.17) is 5.73 Å². The van der Waals surface area contributed by atoms with Gasteiger partial charge in [-0.1, -0.05) is 46.8 Å². The lowest BCUT2D eigenvalue weighted by Crippen LogP contribution is -2.35. The maximum Gasteiger partial charge on any atom is 0.314 e. The van der Waals surface area contributed by atoms with Gasteiger partial charge >= 0.3 is 5.97 Å². The summed E-state index contributed by atoms with van der Waals surface area (Å²) >= 11 is 0. The van der Waals surface area contributed by atoms with E-state index < -0.39 is 11.4 Å². The Morgan fingerprint density at radius 2 is 1.74 bits per heavy atom. The zero-order valence-electron chi connectivity index (χ0n) is 12.6. The van der Waals surface area contributed by atoms with Crippen molar-refractivity contribution in [1.29, 1.82) is 0 Å². The van der Waals surface area contributed by atoms with Crippen LogP contribution in [0.3, 0.4) is 0 Å². The average molecular weight is 263 g/mol. The van der Waals surface area contributed by atoms with Crippen molar-refractivity contribution in [3.63, 3.8) is 0 Å². The summed E-state index contributed by atoms with van der Waals surface area (Å²) in [7, 11) is 0. The van der Waals surface area contributed by atoms with Gasteiger partial charge in [0.05, 0.1) is 5.41 Å². The van der Waals surface area contributed by atoms with E-state index in [2.05, 4.69) is 20.8 Å². The second-order valence-electron chi connectivity index (χ2n) is 6.15. The molecule has 0 aliphatic heterocycles. The van der Waals surface area contributed by atoms with Gasteiger partial charge in [0.2, 0.25) is 0 Å². The third-order valence-electron chi connectivity index (χ3n) is 4.05. The Labute approximate surface area is 115 Å². The van der Waals surface area contributed by atoms with Crippen LogP contribution in [0.4, 0.5) is 5.69 Å². The number of aliphatic carboxylic acids is 1. The second kappa shape index (κ2) is 5.24. The van der Waals surface area contributed by atoms with Crippen molar-refractivity contribution < 1.29 is 9.90 Å². The number of rotatable bonds is 4. The molecule has 0 radical (unpaired) electrons. The van der Waals surface area contributed by atoms with Crippen molar-refractivity contribution in [2.24, 2.45) is 0 Å². The molecular weight excluding hydrogens is 238 g/mol. The van der Waals surface area contributed by atoms with Crippen LogP contribution in [0.15, 0.2) is 18.2 Å². The summed E-state index contributed by atoms with van der Waals surface area (Å²) in [6.45, 7) is 10.1. The summed E-state index contributed by atoms with van der Waals surface area (Å²) in [4.78, 5) is 11.7. The number of hydrogen-bond acceptors (Lipinski definition) is 2. The molecular formula is C16H25NO2. The highest BCUT2D eigenvalue weighted by molar-refractivity contribution is 5.83. The van der Waals surface area contributed by atoms with Gasteiger partial charge in [-0.15, -0.1) is 0 Å². The van der Waals surface area contributed by atoms with Gasteiger partial charge in [-0.25, -0.2) is 0 Å². The predicted octanol–water partition coefficient (Wildman–Crippen LogP) is 3.71. The number of benzene rings is 1. The van der Waals surface area contributed by atoms with Gasteiger partial charge in [-0.2, -0.15) is 0 Å². The van der Waals surface area contributed by atoms with Crippen molar-refractivity contribution in [3.8, 4) is 0 Å². The highest BCUT2D eigenvalue weighted by Crippen LogP contribution is 2.38. The molecule has 0 heterocycles. The second-order valence-corrected chi connectivity index (χ2v) is 6.15. The molecule has 3 heteroatoms. The first-order valence-corrected chi connectivity index (χ1v) is 6.83. The van der Waals surface area contributed by atoms with Crippen LogP contribution < -0.4 is 5.73 Å². The Kier molecular flexibility index (Phi) is 4.28. The Balaban J connectivity index is 3.51. The summed E-state index contributed by atoms with van der Waals surface area (Å²) in [5.41, 5.74) is 7.57. The first kappa shape index (κ1) is 15.5. The fraction of sp³-hybridized carbons (Fsp3) is 0.562. The topological polar surface area (TPSA) is 63.3 Å². The molecule has 0 unspecified atom stereocenters. The minimum Gasteiger partial charge on any atom is -0.481 e. The van der Waals surface area contributed by atoms with E-state index in [1.54, 1.807) is 0 Å². The summed E-state index contributed by atoms with van der Waals surface area (Å²) < 4.78 is 0. The molecule has 1 rings (SSSR count). The minimum absolute atomic E-state index is 0.0197. The van der Waals surface area contributed by atoms with Crippen LogP contribution in [-0.2, 0) is 15.6 Å². The Hall–Kier alpha value is -1.51. The van der Waals surface area contributed by atoms with Gasteiger partial charge in [0.1, 0.15) is 0 Å². The summed E-state index contributed by atoms with van der Waals surface area (Å²) in [5.74, 6) is -0.796. The lowest BCUT2D eigenvalue weighted by molar-refractivity contribution is -0.144. The first-order chi connectivity index (χ1) is 8.69. The third kappa shape index (κ3) is 2.75. The van der Waals surface area contributed by atoms with E-state index in [0.717, 1.165) is 11.1 Å². The third-order valence-corrected chi connectivity index (χ3v) is 4.05. The van der Waals surface area contributed by atoms with Crippen molar-refractivity contribution in [2.45, 2.75) is 58.3 Å². The Bertz CT molecular complexity index is 468. The molecule has 1 aromatic carbocycles. The van der Waals surface area contributed by atoms with E-state index in [-0.39, 0.29) is 5.41 Å². The normalized spacial score (nSPS) is 12.5. The molecule has 19 heavy (non-hydrogen) atoms. The number of hydrogen-bond donors (Lipinski definition) is 2. The molecule has 3 N–H and O–H groups in total. The minimum atomic E-state index is -0.884. The standard InChI is InChI=1S/C16H25NO2/c1-6-16(7-2,14(18)19)12-10-11(15(3,4)5)8-9-13(12)17/h8-10H,6-7,17H2,1-5H3,(H,18,19). The van der Waals surface area contributed by atoms with Gasteiger partial charge in [0.15, 0.2) is 0 Å². The van der Waals surface area contributed by atoms with Gasteiger partial charge in [-0.3, -0.25) is 4.79 Å². The van der Waals surface area contributed by atoms with Gasteiger partial charge < -0.3 is 10.8 Å². The van der Waals surface area contributed by atoms with Crippen LogP contribution in [0.5, 0.6) is 0 Å². The molecule has 0 amide bonds. The lowest BCUT2D eigenvalue weighted by Gasteiger charge is -2.30. The molecule has 1 aromatic rings. The maximum atomic E-state index is 11.7. The summed E-state index contributed by atoms with van der Waals surface area (Å²) in [6.07, 6.45) is 1.08. The van der Waals surface area contributed by atoms with Crippen molar-refractivity contribution in [3.05, 3.63) is 29.3 Å². The Morgan fingerprint density at radius 3 is 2.11 bits per heavy atom. The highest BCUT2D eigenvalue weighted by atomic mass is 16.4. The predicted molar refractivity (Wildman–Crippen MR) is 79.5 cm³/mol. The zero-order valence-corrected chi connectivity index (χ0v) is 12.6. The average Bonchev–Trinajstić information content (AvgIpc) is 2.31. The number of carbonyl (C=O) groups is 1. The van der Waals surface area contributed by atoms with Crippen LogP contribution in [-0.4, -0.2) is 11.1 Å². The quantitative estimate of drug-likeness (QED) is 0.814. The van der Waals surface area contributed by atoms with Gasteiger partial charge in [-0.05, 0) is 35.4 Å². The lowest BCUT2D eigenvalue weighted by atomic mass is 9.73. The van der Waals surface area contributed by atoms with Crippen LogP contribution in [0, 0.1) is 0 Å². The van der Waals surface area contributed by atoms with E-state index in [9.17, 15) is 9.90 Å². The molecule has 0 atom stereocenters.